The van der Waals surface area contributed by atoms with Crippen molar-refractivity contribution in [2.24, 2.45) is 0 Å². The minimum Gasteiger partial charge on any atom is -0.508 e. The first-order chi connectivity index (χ1) is 11.1. The van der Waals surface area contributed by atoms with E-state index in [0.717, 1.165) is 0 Å². The smallest absolute Gasteiger partial charge is 0.338 e. The van der Waals surface area contributed by atoms with Crippen LogP contribution in [0.15, 0.2) is 58.3 Å². The van der Waals surface area contributed by atoms with Crippen molar-refractivity contribution in [3.05, 3.63) is 59.7 Å². The topological polar surface area (TPSA) is 80.7 Å². The van der Waals surface area contributed by atoms with Crippen LogP contribution in [-0.2, 0) is 14.6 Å². The highest BCUT2D eigenvalue weighted by atomic mass is 32.2. The number of hydrogen-bond acceptors (Lipinski definition) is 5. The van der Waals surface area contributed by atoms with Gasteiger partial charge in [0.25, 0.3) is 0 Å². The lowest BCUT2D eigenvalue weighted by molar-refractivity contribution is -0.130. The molecule has 0 saturated carbocycles. The van der Waals surface area contributed by atoms with Crippen molar-refractivity contribution < 1.29 is 23.1 Å². The van der Waals surface area contributed by atoms with E-state index < -0.39 is 15.8 Å². The molecule has 2 rings (SSSR count). The fourth-order valence-electron chi connectivity index (χ4n) is 2.02. The number of sulfone groups is 1. The van der Waals surface area contributed by atoms with Crippen molar-refractivity contribution in [3.8, 4) is 11.5 Å². The molecule has 0 aromatic heterocycles. The van der Waals surface area contributed by atoms with E-state index in [1.165, 1.54) is 43.3 Å². The fourth-order valence-corrected chi connectivity index (χ4v) is 3.45. The summed E-state index contributed by atoms with van der Waals surface area (Å²) in [6, 6.07) is 8.37. The number of aryl methyl sites for hydroxylation is 2. The van der Waals surface area contributed by atoms with Crippen LogP contribution in [0.1, 0.15) is 18.1 Å². The molecule has 0 fully saturated rings. The van der Waals surface area contributed by atoms with Crippen LogP contribution in [0.4, 0.5) is 0 Å². The van der Waals surface area contributed by atoms with Crippen LogP contribution < -0.4 is 4.74 Å². The minimum absolute atomic E-state index is 0.0344. The number of phenolic OH excluding ortho intramolecular Hbond substituents is 1. The summed E-state index contributed by atoms with van der Waals surface area (Å²) in [5.41, 5.74) is 1.24. The molecule has 0 saturated heterocycles. The van der Waals surface area contributed by atoms with Gasteiger partial charge in [0.1, 0.15) is 11.5 Å². The second-order valence-corrected chi connectivity index (χ2v) is 7.50. The van der Waals surface area contributed by atoms with Crippen molar-refractivity contribution in [2.75, 3.05) is 0 Å². The Kier molecular flexibility index (Phi) is 4.80. The number of benzene rings is 2. The monoisotopic (exact) mass is 346 g/mol. The van der Waals surface area contributed by atoms with Gasteiger partial charge in [-0.2, -0.15) is 0 Å². The van der Waals surface area contributed by atoms with E-state index in [-0.39, 0.29) is 26.9 Å². The summed E-state index contributed by atoms with van der Waals surface area (Å²) in [6.07, 6.45) is 0. The Morgan fingerprint density at radius 2 is 1.58 bits per heavy atom. The Morgan fingerprint density at radius 1 is 1.04 bits per heavy atom. The Morgan fingerprint density at radius 3 is 2.08 bits per heavy atom. The van der Waals surface area contributed by atoms with Gasteiger partial charge in [-0.25, -0.2) is 13.2 Å². The van der Waals surface area contributed by atoms with Crippen molar-refractivity contribution in [2.45, 2.75) is 30.6 Å². The maximum absolute atomic E-state index is 12.7. The van der Waals surface area contributed by atoms with Crippen molar-refractivity contribution in [1.82, 2.24) is 0 Å². The largest absolute Gasteiger partial charge is 0.508 e. The van der Waals surface area contributed by atoms with Crippen LogP contribution in [0.3, 0.4) is 0 Å². The Bertz CT molecular complexity index is 926. The van der Waals surface area contributed by atoms with Gasteiger partial charge in [-0.1, -0.05) is 6.58 Å². The lowest BCUT2D eigenvalue weighted by atomic mass is 10.2. The van der Waals surface area contributed by atoms with Crippen LogP contribution in [0, 0.1) is 13.8 Å². The van der Waals surface area contributed by atoms with Gasteiger partial charge in [-0.3, -0.25) is 0 Å². The number of rotatable bonds is 4. The molecular formula is C18H18O5S. The number of ether oxygens (including phenoxy) is 1. The molecule has 5 nitrogen and oxygen atoms in total. The van der Waals surface area contributed by atoms with Gasteiger partial charge in [-0.15, -0.1) is 0 Å². The average Bonchev–Trinajstić information content (AvgIpc) is 2.51. The van der Waals surface area contributed by atoms with Gasteiger partial charge in [0.2, 0.25) is 9.84 Å². The number of hydrogen-bond donors (Lipinski definition) is 1. The third kappa shape index (κ3) is 3.49. The Hall–Kier alpha value is -2.60. The molecule has 0 spiro atoms. The molecule has 0 heterocycles. The van der Waals surface area contributed by atoms with Gasteiger partial charge in [0.15, 0.2) is 0 Å². The molecule has 2 aromatic rings. The molecular weight excluding hydrogens is 328 g/mol. The lowest BCUT2D eigenvalue weighted by Crippen LogP contribution is -2.10. The molecule has 0 bridgehead atoms. The summed E-state index contributed by atoms with van der Waals surface area (Å²) in [4.78, 5) is 11.7. The normalized spacial score (nSPS) is 11.1. The summed E-state index contributed by atoms with van der Waals surface area (Å²) < 4.78 is 30.5. The van der Waals surface area contributed by atoms with Gasteiger partial charge in [-0.05, 0) is 68.3 Å². The van der Waals surface area contributed by atoms with E-state index in [1.54, 1.807) is 13.8 Å². The van der Waals surface area contributed by atoms with Crippen LogP contribution in [0.25, 0.3) is 0 Å². The van der Waals surface area contributed by atoms with Crippen LogP contribution in [0.5, 0.6) is 11.5 Å². The quantitative estimate of drug-likeness (QED) is 0.522. The van der Waals surface area contributed by atoms with E-state index in [1.807, 2.05) is 0 Å². The minimum atomic E-state index is -3.73. The lowest BCUT2D eigenvalue weighted by Gasteiger charge is -2.11. The van der Waals surface area contributed by atoms with Crippen molar-refractivity contribution in [1.29, 1.82) is 0 Å². The highest BCUT2D eigenvalue weighted by molar-refractivity contribution is 7.91. The molecule has 0 aliphatic heterocycles. The van der Waals surface area contributed by atoms with Gasteiger partial charge in [0.05, 0.1) is 9.79 Å². The molecule has 2 aromatic carbocycles. The summed E-state index contributed by atoms with van der Waals surface area (Å²) in [7, 11) is -3.73. The molecule has 0 atom stereocenters. The third-order valence-electron chi connectivity index (χ3n) is 3.49. The number of esters is 1. The first-order valence-electron chi connectivity index (χ1n) is 7.16. The summed E-state index contributed by atoms with van der Waals surface area (Å²) in [6.45, 7) is 8.31. The second-order valence-electron chi connectivity index (χ2n) is 5.55. The van der Waals surface area contributed by atoms with Crippen molar-refractivity contribution >= 4 is 15.8 Å². The van der Waals surface area contributed by atoms with Crippen LogP contribution in [0.2, 0.25) is 0 Å². The van der Waals surface area contributed by atoms with E-state index in [0.29, 0.717) is 11.1 Å². The number of aromatic hydroxyl groups is 1. The summed E-state index contributed by atoms with van der Waals surface area (Å²) >= 11 is 0. The molecule has 0 unspecified atom stereocenters. The maximum atomic E-state index is 12.7. The van der Waals surface area contributed by atoms with Gasteiger partial charge in [0, 0.05) is 5.57 Å². The zero-order valence-electron chi connectivity index (χ0n) is 13.7. The zero-order valence-corrected chi connectivity index (χ0v) is 14.5. The van der Waals surface area contributed by atoms with E-state index in [4.69, 9.17) is 4.74 Å². The number of phenols is 1. The maximum Gasteiger partial charge on any atom is 0.338 e. The Balaban J connectivity index is 2.41. The predicted octanol–water partition coefficient (Wildman–Crippen LogP) is 3.32. The van der Waals surface area contributed by atoms with Gasteiger partial charge >= 0.3 is 5.97 Å². The number of carbonyl (C=O) groups is 1. The molecule has 1 N–H and O–H groups in total. The summed E-state index contributed by atoms with van der Waals surface area (Å²) in [5.74, 6) is -0.251. The van der Waals surface area contributed by atoms with E-state index in [2.05, 4.69) is 6.58 Å². The fraction of sp³-hybridized carbons (Fsp3) is 0.167. The Labute approximate surface area is 141 Å². The standard InChI is InChI=1S/C18H18O5S/c1-11(2)18(20)23-17-8-6-15(10-13(17)4)24(21,22)14-5-7-16(19)12(3)9-14/h5-10,19H,1H2,2-4H3. The average molecular weight is 346 g/mol. The highest BCUT2D eigenvalue weighted by Gasteiger charge is 2.20. The summed E-state index contributed by atoms with van der Waals surface area (Å²) in [5, 5.41) is 9.54. The predicted molar refractivity (Wildman–Crippen MR) is 89.9 cm³/mol. The first-order valence-corrected chi connectivity index (χ1v) is 8.64. The SMILES string of the molecule is C=C(C)C(=O)Oc1ccc(S(=O)(=O)c2ccc(O)c(C)c2)cc1C. The molecule has 24 heavy (non-hydrogen) atoms. The molecule has 0 aliphatic rings. The van der Waals surface area contributed by atoms with Crippen molar-refractivity contribution in [3.63, 3.8) is 0 Å². The molecule has 0 amide bonds. The van der Waals surface area contributed by atoms with Gasteiger partial charge < -0.3 is 9.84 Å². The van der Waals surface area contributed by atoms with E-state index in [9.17, 15) is 18.3 Å². The highest BCUT2D eigenvalue weighted by Crippen LogP contribution is 2.28. The second kappa shape index (κ2) is 6.49. The van der Waals surface area contributed by atoms with Crippen LogP contribution in [-0.4, -0.2) is 19.5 Å². The molecule has 0 radical (unpaired) electrons. The van der Waals surface area contributed by atoms with Crippen LogP contribution >= 0.6 is 0 Å². The third-order valence-corrected chi connectivity index (χ3v) is 5.24. The first kappa shape index (κ1) is 17.7. The number of carbonyl (C=O) groups excluding carboxylic acids is 1. The molecule has 0 aliphatic carbocycles. The van der Waals surface area contributed by atoms with E-state index >= 15 is 0 Å². The molecule has 126 valence electrons. The molecule has 6 heteroatoms. The zero-order chi connectivity index (χ0) is 18.1.